The van der Waals surface area contributed by atoms with Crippen molar-refractivity contribution < 1.29 is 15.3 Å². The number of pyridine rings is 1. The molecule has 0 aliphatic heterocycles. The molecule has 0 amide bonds. The summed E-state index contributed by atoms with van der Waals surface area (Å²) in [7, 11) is 0. The smallest absolute Gasteiger partial charge is 0.141 e. The van der Waals surface area contributed by atoms with Gasteiger partial charge in [-0.15, -0.1) is 0 Å². The lowest BCUT2D eigenvalue weighted by Crippen LogP contribution is -2.22. The normalized spacial score (nSPS) is 12.7. The highest BCUT2D eigenvalue weighted by Crippen LogP contribution is 2.23. The summed E-state index contributed by atoms with van der Waals surface area (Å²) < 4.78 is 0. The van der Waals surface area contributed by atoms with Gasteiger partial charge in [0.15, 0.2) is 0 Å². The number of nitrogens with zero attached hydrogens (tertiary/aromatic N) is 1. The highest BCUT2D eigenvalue weighted by Gasteiger charge is 2.11. The Balaban J connectivity index is 2.63. The third kappa shape index (κ3) is 3.94. The number of aromatic hydroxyl groups is 1. The molecule has 1 unspecified atom stereocenters. The van der Waals surface area contributed by atoms with Crippen LogP contribution in [0, 0.1) is 12.8 Å². The summed E-state index contributed by atoms with van der Waals surface area (Å²) in [5.74, 6) is 0.515. The maximum absolute atomic E-state index is 9.92. The number of aromatic nitrogens is 1. The lowest BCUT2D eigenvalue weighted by molar-refractivity contribution is 0.259. The van der Waals surface area contributed by atoms with Crippen LogP contribution in [-0.2, 0) is 13.2 Å². The average Bonchev–Trinajstić information content (AvgIpc) is 2.35. The van der Waals surface area contributed by atoms with Crippen LogP contribution in [0.25, 0.3) is 0 Å². The Hall–Kier alpha value is -1.17. The number of rotatable bonds is 7. The van der Waals surface area contributed by atoms with Gasteiger partial charge < -0.3 is 20.6 Å². The van der Waals surface area contributed by atoms with E-state index < -0.39 is 0 Å². The van der Waals surface area contributed by atoms with Crippen molar-refractivity contribution in [3.63, 3.8) is 0 Å². The second kappa shape index (κ2) is 7.31. The molecule has 18 heavy (non-hydrogen) atoms. The fourth-order valence-electron chi connectivity index (χ4n) is 1.78. The summed E-state index contributed by atoms with van der Waals surface area (Å²) in [4.78, 5) is 4.01. The minimum absolute atomic E-state index is 0.135. The van der Waals surface area contributed by atoms with Crippen LogP contribution < -0.4 is 5.32 Å². The molecule has 4 N–H and O–H groups in total. The highest BCUT2D eigenvalue weighted by molar-refractivity contribution is 5.40. The third-order valence-corrected chi connectivity index (χ3v) is 3.02. The Kier molecular flexibility index (Phi) is 6.04. The summed E-state index contributed by atoms with van der Waals surface area (Å²) in [6, 6.07) is 0. The molecule has 5 heteroatoms. The zero-order valence-corrected chi connectivity index (χ0v) is 11.0. The predicted molar refractivity (Wildman–Crippen MR) is 69.1 cm³/mol. The van der Waals surface area contributed by atoms with Gasteiger partial charge in [-0.3, -0.25) is 4.98 Å². The second-order valence-corrected chi connectivity index (χ2v) is 4.60. The molecule has 0 aromatic carbocycles. The van der Waals surface area contributed by atoms with E-state index in [2.05, 4.69) is 10.3 Å². The summed E-state index contributed by atoms with van der Waals surface area (Å²) in [6.45, 7) is 5.07. The molecular formula is C13H22N2O3. The molecule has 1 rings (SSSR count). The molecule has 1 heterocycles. The minimum Gasteiger partial charge on any atom is -0.506 e. The van der Waals surface area contributed by atoms with E-state index in [1.807, 2.05) is 6.92 Å². The first kappa shape index (κ1) is 14.9. The van der Waals surface area contributed by atoms with Crippen molar-refractivity contribution in [3.05, 3.63) is 23.0 Å². The molecule has 0 saturated carbocycles. The van der Waals surface area contributed by atoms with Crippen molar-refractivity contribution in [2.75, 3.05) is 13.2 Å². The van der Waals surface area contributed by atoms with Gasteiger partial charge in [-0.2, -0.15) is 0 Å². The van der Waals surface area contributed by atoms with Crippen LogP contribution in [0.1, 0.15) is 30.2 Å². The molecule has 1 aromatic rings. The van der Waals surface area contributed by atoms with Gasteiger partial charge in [0.2, 0.25) is 0 Å². The molecule has 1 atom stereocenters. The van der Waals surface area contributed by atoms with Gasteiger partial charge >= 0.3 is 0 Å². The topological polar surface area (TPSA) is 85.6 Å². The molecule has 0 bridgehead atoms. The van der Waals surface area contributed by atoms with Crippen molar-refractivity contribution in [1.82, 2.24) is 10.3 Å². The maximum Gasteiger partial charge on any atom is 0.141 e. The molecule has 0 fully saturated rings. The number of hydrogen-bond acceptors (Lipinski definition) is 5. The fourth-order valence-corrected chi connectivity index (χ4v) is 1.78. The lowest BCUT2D eigenvalue weighted by Gasteiger charge is -2.14. The SMILES string of the molecule is Cc1ncc(CO)c(CNCC(C)CCO)c1O. The molecule has 5 nitrogen and oxygen atoms in total. The van der Waals surface area contributed by atoms with Crippen LogP contribution in [0.15, 0.2) is 6.20 Å². The molecule has 0 aliphatic carbocycles. The van der Waals surface area contributed by atoms with E-state index in [0.717, 1.165) is 13.0 Å². The van der Waals surface area contributed by atoms with Gasteiger partial charge in [-0.05, 0) is 25.8 Å². The zero-order chi connectivity index (χ0) is 13.5. The Morgan fingerprint density at radius 2 is 2.11 bits per heavy atom. The van der Waals surface area contributed by atoms with Gasteiger partial charge in [0.05, 0.1) is 12.3 Å². The lowest BCUT2D eigenvalue weighted by atomic mass is 10.1. The van der Waals surface area contributed by atoms with Gasteiger partial charge in [0.25, 0.3) is 0 Å². The van der Waals surface area contributed by atoms with Crippen LogP contribution in [0.4, 0.5) is 0 Å². The maximum atomic E-state index is 9.92. The van der Waals surface area contributed by atoms with Crippen molar-refractivity contribution in [2.45, 2.75) is 33.4 Å². The first-order valence-corrected chi connectivity index (χ1v) is 6.18. The Morgan fingerprint density at radius 1 is 1.39 bits per heavy atom. The standard InChI is InChI=1S/C13H22N2O3/c1-9(3-4-16)5-14-7-12-11(8-17)6-15-10(2)13(12)18/h6,9,14,16-18H,3-5,7-8H2,1-2H3. The van der Waals surface area contributed by atoms with Crippen LogP contribution in [-0.4, -0.2) is 33.5 Å². The molecule has 0 saturated heterocycles. The number of aryl methyl sites for hydroxylation is 1. The number of aliphatic hydroxyl groups is 2. The zero-order valence-electron chi connectivity index (χ0n) is 11.0. The van der Waals surface area contributed by atoms with Crippen LogP contribution in [0.5, 0.6) is 5.75 Å². The van der Waals surface area contributed by atoms with E-state index in [0.29, 0.717) is 29.3 Å². The molecule has 0 spiro atoms. The number of nitrogens with one attached hydrogen (secondary N) is 1. The molecule has 1 aromatic heterocycles. The Morgan fingerprint density at radius 3 is 2.72 bits per heavy atom. The van der Waals surface area contributed by atoms with Crippen LogP contribution >= 0.6 is 0 Å². The van der Waals surface area contributed by atoms with E-state index in [-0.39, 0.29) is 19.0 Å². The van der Waals surface area contributed by atoms with Gasteiger partial charge in [-0.1, -0.05) is 6.92 Å². The van der Waals surface area contributed by atoms with E-state index in [4.69, 9.17) is 5.11 Å². The van der Waals surface area contributed by atoms with Crippen molar-refractivity contribution in [1.29, 1.82) is 0 Å². The molecule has 102 valence electrons. The molecule has 0 radical (unpaired) electrons. The highest BCUT2D eigenvalue weighted by atomic mass is 16.3. The largest absolute Gasteiger partial charge is 0.506 e. The summed E-state index contributed by atoms with van der Waals surface area (Å²) >= 11 is 0. The predicted octanol–water partition coefficient (Wildman–Crippen LogP) is 0.696. The first-order chi connectivity index (χ1) is 8.60. The average molecular weight is 254 g/mol. The van der Waals surface area contributed by atoms with E-state index >= 15 is 0 Å². The van der Waals surface area contributed by atoms with Crippen LogP contribution in [0.3, 0.4) is 0 Å². The monoisotopic (exact) mass is 254 g/mol. The van der Waals surface area contributed by atoms with Gasteiger partial charge in [-0.25, -0.2) is 0 Å². The number of aliphatic hydroxyl groups excluding tert-OH is 2. The fraction of sp³-hybridized carbons (Fsp3) is 0.615. The quantitative estimate of drug-likeness (QED) is 0.575. The third-order valence-electron chi connectivity index (χ3n) is 3.02. The summed E-state index contributed by atoms with van der Waals surface area (Å²) in [5.41, 5.74) is 1.90. The molecular weight excluding hydrogens is 232 g/mol. The van der Waals surface area contributed by atoms with E-state index in [1.54, 1.807) is 13.1 Å². The first-order valence-electron chi connectivity index (χ1n) is 6.18. The number of hydrogen-bond donors (Lipinski definition) is 4. The molecule has 0 aliphatic rings. The Labute approximate surface area is 108 Å². The minimum atomic E-state index is -0.135. The van der Waals surface area contributed by atoms with Gasteiger partial charge in [0, 0.05) is 30.5 Å². The van der Waals surface area contributed by atoms with Crippen molar-refractivity contribution in [2.24, 2.45) is 5.92 Å². The Bertz CT molecular complexity index is 383. The van der Waals surface area contributed by atoms with E-state index in [1.165, 1.54) is 0 Å². The van der Waals surface area contributed by atoms with Crippen molar-refractivity contribution in [3.8, 4) is 5.75 Å². The summed E-state index contributed by atoms with van der Waals surface area (Å²) in [5, 5.41) is 31.2. The van der Waals surface area contributed by atoms with Crippen molar-refractivity contribution >= 4 is 0 Å². The van der Waals surface area contributed by atoms with Gasteiger partial charge in [0.1, 0.15) is 5.75 Å². The second-order valence-electron chi connectivity index (χ2n) is 4.60. The summed E-state index contributed by atoms with van der Waals surface area (Å²) in [6.07, 6.45) is 2.34. The van der Waals surface area contributed by atoms with Crippen LogP contribution in [0.2, 0.25) is 0 Å². The van der Waals surface area contributed by atoms with E-state index in [9.17, 15) is 10.2 Å².